The number of benzene rings is 3. The van der Waals surface area contributed by atoms with Crippen molar-refractivity contribution in [2.45, 2.75) is 26.5 Å². The fourth-order valence-electron chi connectivity index (χ4n) is 3.70. The highest BCUT2D eigenvalue weighted by atomic mass is 16.5. The van der Waals surface area contributed by atoms with Crippen molar-refractivity contribution < 1.29 is 23.8 Å². The molecule has 2 amide bonds. The summed E-state index contributed by atoms with van der Waals surface area (Å²) in [5.74, 6) is 1.16. The zero-order chi connectivity index (χ0) is 23.5. The minimum absolute atomic E-state index is 0.133. The van der Waals surface area contributed by atoms with Crippen molar-refractivity contribution in [2.75, 3.05) is 24.4 Å². The molecule has 0 saturated carbocycles. The number of ether oxygens (including phenoxy) is 3. The lowest BCUT2D eigenvalue weighted by Crippen LogP contribution is -2.44. The zero-order valence-electron chi connectivity index (χ0n) is 19.0. The van der Waals surface area contributed by atoms with E-state index in [9.17, 15) is 9.59 Å². The van der Waals surface area contributed by atoms with E-state index in [2.05, 4.69) is 5.32 Å². The van der Waals surface area contributed by atoms with Gasteiger partial charge in [0.2, 0.25) is 0 Å². The topological polar surface area (TPSA) is 77.1 Å². The molecule has 3 aromatic carbocycles. The van der Waals surface area contributed by atoms with Crippen LogP contribution in [0.25, 0.3) is 0 Å². The standard InChI is InChI=1S/C26H26N2O5/c1-16-5-7-18(8-6-16)15-28-21-14-20(10-12-22(21)33-17(2)26(28)30)27-25(29)19-9-11-23(31-3)24(13-19)32-4/h5-14,17H,15H2,1-4H3,(H,27,29). The lowest BCUT2D eigenvalue weighted by molar-refractivity contribution is -0.125. The van der Waals surface area contributed by atoms with Gasteiger partial charge in [-0.1, -0.05) is 29.8 Å². The Morgan fingerprint density at radius 1 is 1.00 bits per heavy atom. The van der Waals surface area contributed by atoms with Gasteiger partial charge >= 0.3 is 0 Å². The smallest absolute Gasteiger partial charge is 0.268 e. The quantitative estimate of drug-likeness (QED) is 0.600. The van der Waals surface area contributed by atoms with E-state index in [0.717, 1.165) is 11.1 Å². The van der Waals surface area contributed by atoms with Gasteiger partial charge in [0.15, 0.2) is 17.6 Å². The highest BCUT2D eigenvalue weighted by molar-refractivity contribution is 6.06. The third-order valence-corrected chi connectivity index (χ3v) is 5.53. The molecule has 1 heterocycles. The molecule has 1 N–H and O–H groups in total. The summed E-state index contributed by atoms with van der Waals surface area (Å²) in [7, 11) is 3.06. The molecule has 1 unspecified atom stereocenters. The van der Waals surface area contributed by atoms with Crippen LogP contribution in [0.5, 0.6) is 17.2 Å². The van der Waals surface area contributed by atoms with Crippen molar-refractivity contribution in [1.82, 2.24) is 0 Å². The lowest BCUT2D eigenvalue weighted by atomic mass is 10.1. The number of carbonyl (C=O) groups is 2. The van der Waals surface area contributed by atoms with Crippen LogP contribution in [0.4, 0.5) is 11.4 Å². The summed E-state index contributed by atoms with van der Waals surface area (Å²) in [6.07, 6.45) is -0.588. The van der Waals surface area contributed by atoms with E-state index in [1.807, 2.05) is 31.2 Å². The first kappa shape index (κ1) is 22.2. The van der Waals surface area contributed by atoms with E-state index in [4.69, 9.17) is 14.2 Å². The number of hydrogen-bond donors (Lipinski definition) is 1. The summed E-state index contributed by atoms with van der Waals surface area (Å²) in [6, 6.07) is 18.3. The van der Waals surface area contributed by atoms with Crippen molar-refractivity contribution in [3.63, 3.8) is 0 Å². The predicted molar refractivity (Wildman–Crippen MR) is 126 cm³/mol. The minimum Gasteiger partial charge on any atom is -0.493 e. The Kier molecular flexibility index (Phi) is 6.22. The van der Waals surface area contributed by atoms with Crippen LogP contribution >= 0.6 is 0 Å². The second kappa shape index (κ2) is 9.24. The molecule has 33 heavy (non-hydrogen) atoms. The number of aryl methyl sites for hydroxylation is 1. The van der Waals surface area contributed by atoms with Gasteiger partial charge in [0, 0.05) is 11.3 Å². The fraction of sp³-hybridized carbons (Fsp3) is 0.231. The summed E-state index contributed by atoms with van der Waals surface area (Å²) in [6.45, 7) is 4.17. The number of carbonyl (C=O) groups excluding carboxylic acids is 2. The number of nitrogens with one attached hydrogen (secondary N) is 1. The number of amides is 2. The van der Waals surface area contributed by atoms with E-state index in [-0.39, 0.29) is 11.8 Å². The molecule has 7 nitrogen and oxygen atoms in total. The molecule has 0 aliphatic carbocycles. The third kappa shape index (κ3) is 4.62. The number of hydrogen-bond acceptors (Lipinski definition) is 5. The first-order chi connectivity index (χ1) is 15.9. The normalized spacial score (nSPS) is 14.8. The first-order valence-corrected chi connectivity index (χ1v) is 10.6. The molecule has 0 radical (unpaired) electrons. The molecule has 0 aromatic heterocycles. The molecule has 1 aliphatic heterocycles. The predicted octanol–water partition coefficient (Wildman–Crippen LogP) is 4.58. The second-order valence-corrected chi connectivity index (χ2v) is 7.88. The fourth-order valence-corrected chi connectivity index (χ4v) is 3.70. The van der Waals surface area contributed by atoms with Crippen LogP contribution in [-0.2, 0) is 11.3 Å². The van der Waals surface area contributed by atoms with Crippen LogP contribution in [0.3, 0.4) is 0 Å². The Hall–Kier alpha value is -4.00. The van der Waals surface area contributed by atoms with Crippen LogP contribution < -0.4 is 24.4 Å². The van der Waals surface area contributed by atoms with Crippen LogP contribution in [0.2, 0.25) is 0 Å². The maximum Gasteiger partial charge on any atom is 0.268 e. The number of methoxy groups -OCH3 is 2. The van der Waals surface area contributed by atoms with Crippen molar-refractivity contribution >= 4 is 23.2 Å². The number of fused-ring (bicyclic) bond motifs is 1. The van der Waals surface area contributed by atoms with Gasteiger partial charge in [0.25, 0.3) is 11.8 Å². The van der Waals surface area contributed by atoms with Crippen molar-refractivity contribution in [3.05, 3.63) is 77.4 Å². The van der Waals surface area contributed by atoms with Gasteiger partial charge in [0.1, 0.15) is 5.75 Å². The van der Waals surface area contributed by atoms with Crippen LogP contribution in [-0.4, -0.2) is 32.1 Å². The van der Waals surface area contributed by atoms with E-state index in [1.54, 1.807) is 48.2 Å². The van der Waals surface area contributed by atoms with Gasteiger partial charge < -0.3 is 24.4 Å². The Bertz CT molecular complexity index is 1190. The Morgan fingerprint density at radius 3 is 2.42 bits per heavy atom. The van der Waals surface area contributed by atoms with Gasteiger partial charge in [-0.05, 0) is 55.8 Å². The third-order valence-electron chi connectivity index (χ3n) is 5.53. The summed E-state index contributed by atoms with van der Waals surface area (Å²) >= 11 is 0. The molecule has 0 bridgehead atoms. The van der Waals surface area contributed by atoms with Crippen LogP contribution in [0.1, 0.15) is 28.4 Å². The maximum absolute atomic E-state index is 12.9. The molecule has 0 spiro atoms. The minimum atomic E-state index is -0.588. The van der Waals surface area contributed by atoms with E-state index >= 15 is 0 Å². The SMILES string of the molecule is COc1ccc(C(=O)Nc2ccc3c(c2)N(Cc2ccc(C)cc2)C(=O)C(C)O3)cc1OC. The van der Waals surface area contributed by atoms with Crippen molar-refractivity contribution in [3.8, 4) is 17.2 Å². The molecular formula is C26H26N2O5. The van der Waals surface area contributed by atoms with Crippen molar-refractivity contribution in [2.24, 2.45) is 0 Å². The molecule has 1 atom stereocenters. The average molecular weight is 447 g/mol. The molecule has 7 heteroatoms. The van der Waals surface area contributed by atoms with Gasteiger partial charge in [-0.15, -0.1) is 0 Å². The molecule has 4 rings (SSSR count). The molecule has 0 saturated heterocycles. The molecular weight excluding hydrogens is 420 g/mol. The summed E-state index contributed by atoms with van der Waals surface area (Å²) in [4.78, 5) is 27.5. The van der Waals surface area contributed by atoms with Gasteiger partial charge in [-0.2, -0.15) is 0 Å². The van der Waals surface area contributed by atoms with Crippen molar-refractivity contribution in [1.29, 1.82) is 0 Å². The van der Waals surface area contributed by atoms with Crippen LogP contribution in [0, 0.1) is 6.92 Å². The summed E-state index contributed by atoms with van der Waals surface area (Å²) < 4.78 is 16.3. The highest BCUT2D eigenvalue weighted by Crippen LogP contribution is 2.37. The van der Waals surface area contributed by atoms with E-state index < -0.39 is 6.10 Å². The van der Waals surface area contributed by atoms with E-state index in [1.165, 1.54) is 14.2 Å². The van der Waals surface area contributed by atoms with Crippen LogP contribution in [0.15, 0.2) is 60.7 Å². The average Bonchev–Trinajstić information content (AvgIpc) is 2.83. The number of rotatable bonds is 6. The Labute approximate surface area is 192 Å². The second-order valence-electron chi connectivity index (χ2n) is 7.88. The Morgan fingerprint density at radius 2 is 1.73 bits per heavy atom. The first-order valence-electron chi connectivity index (χ1n) is 10.6. The number of nitrogens with zero attached hydrogens (tertiary/aromatic N) is 1. The zero-order valence-corrected chi connectivity index (χ0v) is 19.0. The van der Waals surface area contributed by atoms with Gasteiger partial charge in [-0.25, -0.2) is 0 Å². The largest absolute Gasteiger partial charge is 0.493 e. The molecule has 170 valence electrons. The highest BCUT2D eigenvalue weighted by Gasteiger charge is 2.32. The lowest BCUT2D eigenvalue weighted by Gasteiger charge is -2.33. The van der Waals surface area contributed by atoms with Gasteiger partial charge in [-0.3, -0.25) is 9.59 Å². The number of anilines is 2. The molecule has 0 fully saturated rings. The summed E-state index contributed by atoms with van der Waals surface area (Å²) in [5, 5.41) is 2.89. The molecule has 3 aromatic rings. The summed E-state index contributed by atoms with van der Waals surface area (Å²) in [5.41, 5.74) is 3.75. The molecule has 1 aliphatic rings. The van der Waals surface area contributed by atoms with E-state index in [0.29, 0.717) is 40.7 Å². The Balaban J connectivity index is 1.61. The monoisotopic (exact) mass is 446 g/mol. The van der Waals surface area contributed by atoms with Gasteiger partial charge in [0.05, 0.1) is 26.5 Å². The maximum atomic E-state index is 12.9.